The van der Waals surface area contributed by atoms with Crippen LogP contribution in [0.15, 0.2) is 34.9 Å². The summed E-state index contributed by atoms with van der Waals surface area (Å²) in [6.45, 7) is 0.0601. The second-order valence-corrected chi connectivity index (χ2v) is 7.31. The molecule has 0 fully saturated rings. The molecular weight excluding hydrogens is 496 g/mol. The highest BCUT2D eigenvalue weighted by Crippen LogP contribution is 2.28. The highest BCUT2D eigenvalue weighted by Gasteiger charge is 2.31. The summed E-state index contributed by atoms with van der Waals surface area (Å²) in [4.78, 5) is 15.8. The Morgan fingerprint density at radius 2 is 2.06 bits per heavy atom. The van der Waals surface area contributed by atoms with Gasteiger partial charge in [0.1, 0.15) is 17.3 Å². The van der Waals surface area contributed by atoms with Crippen molar-refractivity contribution in [2.75, 3.05) is 26.0 Å². The minimum absolute atomic E-state index is 0.00738. The number of hydrogen-bond acceptors (Lipinski definition) is 4. The topological polar surface area (TPSA) is 67.7 Å². The van der Waals surface area contributed by atoms with E-state index in [2.05, 4.69) is 43.4 Å². The molecule has 0 atom stereocenters. The normalized spacial score (nSPS) is 11.1. The minimum atomic E-state index is -4.49. The molecule has 0 aliphatic heterocycles. The first-order valence-corrected chi connectivity index (χ1v) is 9.98. The van der Waals surface area contributed by atoms with Crippen LogP contribution in [0.5, 0.6) is 5.75 Å². The molecule has 2 heterocycles. The SMILES string of the molecule is CNC(=O)c1ccc(NCC#Cc2nc3c(Br)c(F)ccn3c2CC(F)(F)F)c(OC)c1. The molecule has 6 nitrogen and oxygen atoms in total. The second kappa shape index (κ2) is 9.48. The fraction of sp³-hybridized carbons (Fsp3) is 0.238. The van der Waals surface area contributed by atoms with E-state index in [1.807, 2.05) is 0 Å². The van der Waals surface area contributed by atoms with Crippen LogP contribution in [0.1, 0.15) is 21.7 Å². The third-order valence-corrected chi connectivity index (χ3v) is 5.15. The molecule has 168 valence electrons. The number of rotatable bonds is 5. The highest BCUT2D eigenvalue weighted by molar-refractivity contribution is 9.10. The van der Waals surface area contributed by atoms with Crippen molar-refractivity contribution in [1.29, 1.82) is 0 Å². The van der Waals surface area contributed by atoms with Gasteiger partial charge in [0.2, 0.25) is 0 Å². The van der Waals surface area contributed by atoms with Crippen molar-refractivity contribution < 1.29 is 27.1 Å². The van der Waals surface area contributed by atoms with E-state index in [1.165, 1.54) is 24.8 Å². The number of aromatic nitrogens is 2. The van der Waals surface area contributed by atoms with Gasteiger partial charge in [0, 0.05) is 18.8 Å². The molecular formula is C21H17BrF4N4O2. The smallest absolute Gasteiger partial charge is 0.394 e. The monoisotopic (exact) mass is 512 g/mol. The second-order valence-electron chi connectivity index (χ2n) is 6.52. The first-order valence-electron chi connectivity index (χ1n) is 9.19. The van der Waals surface area contributed by atoms with Crippen molar-refractivity contribution >= 4 is 33.2 Å². The summed E-state index contributed by atoms with van der Waals surface area (Å²) >= 11 is 3.01. The van der Waals surface area contributed by atoms with E-state index in [-0.39, 0.29) is 34.0 Å². The van der Waals surface area contributed by atoms with E-state index in [4.69, 9.17) is 4.74 Å². The van der Waals surface area contributed by atoms with Gasteiger partial charge in [-0.25, -0.2) is 9.37 Å². The largest absolute Gasteiger partial charge is 0.495 e. The molecule has 3 rings (SSSR count). The van der Waals surface area contributed by atoms with Gasteiger partial charge < -0.3 is 19.8 Å². The molecule has 11 heteroatoms. The number of carbonyl (C=O) groups is 1. The third-order valence-electron chi connectivity index (χ3n) is 4.42. The molecule has 3 aromatic rings. The minimum Gasteiger partial charge on any atom is -0.495 e. The van der Waals surface area contributed by atoms with Crippen LogP contribution in [0.3, 0.4) is 0 Å². The Balaban J connectivity index is 1.87. The molecule has 0 aliphatic carbocycles. The van der Waals surface area contributed by atoms with Gasteiger partial charge in [-0.3, -0.25) is 4.79 Å². The van der Waals surface area contributed by atoms with Crippen molar-refractivity contribution in [3.05, 3.63) is 57.7 Å². The number of benzene rings is 1. The van der Waals surface area contributed by atoms with Crippen molar-refractivity contribution in [2.45, 2.75) is 12.6 Å². The lowest BCUT2D eigenvalue weighted by atomic mass is 10.1. The Morgan fingerprint density at radius 1 is 1.31 bits per heavy atom. The average molecular weight is 513 g/mol. The molecule has 0 saturated carbocycles. The van der Waals surface area contributed by atoms with Crippen LogP contribution in [0.4, 0.5) is 23.2 Å². The first-order chi connectivity index (χ1) is 15.1. The predicted molar refractivity (Wildman–Crippen MR) is 114 cm³/mol. The van der Waals surface area contributed by atoms with E-state index in [0.29, 0.717) is 17.0 Å². The molecule has 2 N–H and O–H groups in total. The molecule has 0 saturated heterocycles. The number of anilines is 1. The third kappa shape index (κ3) is 5.13. The number of hydrogen-bond donors (Lipinski definition) is 2. The van der Waals surface area contributed by atoms with E-state index < -0.39 is 18.4 Å². The van der Waals surface area contributed by atoms with Crippen LogP contribution in [-0.4, -0.2) is 42.2 Å². The molecule has 0 radical (unpaired) electrons. The van der Waals surface area contributed by atoms with Crippen molar-refractivity contribution in [3.8, 4) is 17.6 Å². The molecule has 2 aromatic heterocycles. The summed E-state index contributed by atoms with van der Waals surface area (Å²) in [6.07, 6.45) is -4.57. The van der Waals surface area contributed by atoms with Crippen LogP contribution in [0.2, 0.25) is 0 Å². The summed E-state index contributed by atoms with van der Waals surface area (Å²) in [5, 5.41) is 5.49. The maximum atomic E-state index is 13.8. The van der Waals surface area contributed by atoms with Crippen LogP contribution in [-0.2, 0) is 6.42 Å². The van der Waals surface area contributed by atoms with Gasteiger partial charge >= 0.3 is 6.18 Å². The summed E-state index contributed by atoms with van der Waals surface area (Å²) in [5.41, 5.74) is 0.670. The highest BCUT2D eigenvalue weighted by atomic mass is 79.9. The van der Waals surface area contributed by atoms with Gasteiger partial charge in [-0.15, -0.1) is 0 Å². The molecule has 1 aromatic carbocycles. The summed E-state index contributed by atoms with van der Waals surface area (Å²) < 4.78 is 59.4. The number of ether oxygens (including phenoxy) is 1. The number of nitrogens with one attached hydrogen (secondary N) is 2. The molecule has 0 aliphatic rings. The molecule has 0 bridgehead atoms. The zero-order chi connectivity index (χ0) is 23.5. The van der Waals surface area contributed by atoms with Crippen LogP contribution in [0.25, 0.3) is 5.65 Å². The Labute approximate surface area is 189 Å². The summed E-state index contributed by atoms with van der Waals surface area (Å²) in [6, 6.07) is 5.81. The van der Waals surface area contributed by atoms with Gasteiger partial charge in [-0.1, -0.05) is 5.92 Å². The van der Waals surface area contributed by atoms with E-state index in [0.717, 1.165) is 6.07 Å². The first kappa shape index (κ1) is 23.4. The standard InChI is InChI=1S/C21H17BrF4N4O2/c1-27-20(31)12-5-6-15(17(10-12)32-2)28-8-3-4-14-16(11-21(24,25)26)30-9-7-13(23)18(22)19(30)29-14/h5-7,9-10,28H,8,11H2,1-2H3,(H,27,31). The Bertz CT molecular complexity index is 1230. The van der Waals surface area contributed by atoms with Gasteiger partial charge in [0.05, 0.1) is 35.9 Å². The van der Waals surface area contributed by atoms with E-state index in [9.17, 15) is 22.4 Å². The van der Waals surface area contributed by atoms with Crippen molar-refractivity contribution in [2.24, 2.45) is 0 Å². The molecule has 0 spiro atoms. The van der Waals surface area contributed by atoms with Gasteiger partial charge in [-0.05, 0) is 46.1 Å². The molecule has 0 unspecified atom stereocenters. The number of alkyl halides is 3. The zero-order valence-electron chi connectivity index (χ0n) is 16.9. The quantitative estimate of drug-likeness (QED) is 0.397. The summed E-state index contributed by atoms with van der Waals surface area (Å²) in [7, 11) is 2.95. The Morgan fingerprint density at radius 3 is 2.72 bits per heavy atom. The lowest BCUT2D eigenvalue weighted by Crippen LogP contribution is -2.17. The van der Waals surface area contributed by atoms with E-state index in [1.54, 1.807) is 18.2 Å². The maximum Gasteiger partial charge on any atom is 0.394 e. The number of pyridine rings is 1. The van der Waals surface area contributed by atoms with Crippen LogP contribution < -0.4 is 15.4 Å². The molecule has 1 amide bonds. The number of methoxy groups -OCH3 is 1. The lowest BCUT2D eigenvalue weighted by molar-refractivity contribution is -0.128. The number of fused-ring (bicyclic) bond motifs is 1. The van der Waals surface area contributed by atoms with Gasteiger partial charge in [-0.2, -0.15) is 13.2 Å². The number of imidazole rings is 1. The maximum absolute atomic E-state index is 13.8. The number of carbonyl (C=O) groups excluding carboxylic acids is 1. The van der Waals surface area contributed by atoms with Crippen molar-refractivity contribution in [1.82, 2.24) is 14.7 Å². The van der Waals surface area contributed by atoms with Gasteiger partial charge in [0.15, 0.2) is 5.65 Å². The summed E-state index contributed by atoms with van der Waals surface area (Å²) in [5.74, 6) is 4.83. The Hall–Kier alpha value is -3.26. The van der Waals surface area contributed by atoms with Gasteiger partial charge in [0.25, 0.3) is 5.91 Å². The zero-order valence-corrected chi connectivity index (χ0v) is 18.5. The Kier molecular flexibility index (Phi) is 6.93. The van der Waals surface area contributed by atoms with Crippen LogP contribution in [0, 0.1) is 17.7 Å². The average Bonchev–Trinajstić information content (AvgIpc) is 3.09. The van der Waals surface area contributed by atoms with E-state index >= 15 is 0 Å². The number of halogens is 5. The predicted octanol–water partition coefficient (Wildman–Crippen LogP) is 4.17. The number of amides is 1. The fourth-order valence-electron chi connectivity index (χ4n) is 2.95. The van der Waals surface area contributed by atoms with Crippen LogP contribution >= 0.6 is 15.9 Å². The van der Waals surface area contributed by atoms with Crippen molar-refractivity contribution in [3.63, 3.8) is 0 Å². The lowest BCUT2D eigenvalue weighted by Gasteiger charge is -2.10. The molecule has 32 heavy (non-hydrogen) atoms. The fourth-order valence-corrected chi connectivity index (χ4v) is 3.36. The number of nitrogens with zero attached hydrogens (tertiary/aromatic N) is 2.